The molecule has 0 bridgehead atoms. The molecular weight excluding hydrogens is 259 g/mol. The molecule has 0 fully saturated rings. The van der Waals surface area contributed by atoms with Crippen molar-refractivity contribution in [2.45, 2.75) is 25.2 Å². The standard InChI is InChI=1S/C11H12BrFN2/c1-7(2)15-10(6-12)8-4-3-5-9(13)11(8)14-15/h3-5,7H,6H2,1-2H3. The fourth-order valence-corrected chi connectivity index (χ4v) is 2.26. The molecule has 0 spiro atoms. The van der Waals surface area contributed by atoms with E-state index in [-0.39, 0.29) is 11.9 Å². The van der Waals surface area contributed by atoms with Crippen molar-refractivity contribution >= 4 is 26.8 Å². The van der Waals surface area contributed by atoms with E-state index in [2.05, 4.69) is 21.0 Å². The molecule has 15 heavy (non-hydrogen) atoms. The number of fused-ring (bicyclic) bond motifs is 1. The third kappa shape index (κ3) is 1.67. The number of halogens is 2. The van der Waals surface area contributed by atoms with Crippen LogP contribution in [0.4, 0.5) is 4.39 Å². The summed E-state index contributed by atoms with van der Waals surface area (Å²) in [5.41, 5.74) is 1.49. The van der Waals surface area contributed by atoms with E-state index in [1.165, 1.54) is 6.07 Å². The van der Waals surface area contributed by atoms with Gasteiger partial charge in [0.05, 0.1) is 5.69 Å². The van der Waals surface area contributed by atoms with E-state index in [1.807, 2.05) is 24.6 Å². The average molecular weight is 271 g/mol. The lowest BCUT2D eigenvalue weighted by Crippen LogP contribution is -2.05. The van der Waals surface area contributed by atoms with Gasteiger partial charge in [-0.2, -0.15) is 5.10 Å². The van der Waals surface area contributed by atoms with Gasteiger partial charge in [-0.25, -0.2) is 4.39 Å². The van der Waals surface area contributed by atoms with E-state index in [0.29, 0.717) is 10.8 Å². The van der Waals surface area contributed by atoms with Gasteiger partial charge in [0.2, 0.25) is 0 Å². The van der Waals surface area contributed by atoms with Crippen LogP contribution in [0.5, 0.6) is 0 Å². The van der Waals surface area contributed by atoms with Crippen LogP contribution in [0.15, 0.2) is 18.2 Å². The maximum absolute atomic E-state index is 13.5. The first-order valence-electron chi connectivity index (χ1n) is 4.86. The molecule has 1 aromatic heterocycles. The monoisotopic (exact) mass is 270 g/mol. The van der Waals surface area contributed by atoms with Crippen LogP contribution in [0.2, 0.25) is 0 Å². The van der Waals surface area contributed by atoms with Crippen LogP contribution in [0.1, 0.15) is 25.6 Å². The quantitative estimate of drug-likeness (QED) is 0.762. The fraction of sp³-hybridized carbons (Fsp3) is 0.364. The van der Waals surface area contributed by atoms with Crippen LogP contribution in [-0.2, 0) is 5.33 Å². The second kappa shape index (κ2) is 3.93. The number of aromatic nitrogens is 2. The number of benzene rings is 1. The van der Waals surface area contributed by atoms with E-state index in [1.54, 1.807) is 6.07 Å². The Labute approximate surface area is 96.2 Å². The predicted molar refractivity (Wildman–Crippen MR) is 62.7 cm³/mol. The molecule has 1 heterocycles. The molecule has 0 saturated heterocycles. The summed E-state index contributed by atoms with van der Waals surface area (Å²) in [5, 5.41) is 5.87. The van der Waals surface area contributed by atoms with Crippen molar-refractivity contribution < 1.29 is 4.39 Å². The molecule has 0 saturated carbocycles. The topological polar surface area (TPSA) is 17.8 Å². The van der Waals surface area contributed by atoms with Crippen LogP contribution < -0.4 is 0 Å². The second-order valence-corrected chi connectivity index (χ2v) is 4.32. The van der Waals surface area contributed by atoms with Gasteiger partial charge in [0.25, 0.3) is 0 Å². The molecule has 0 aliphatic heterocycles. The molecule has 2 aromatic rings. The predicted octanol–water partition coefficient (Wildman–Crippen LogP) is 3.65. The largest absolute Gasteiger partial charge is 0.265 e. The molecular formula is C11H12BrFN2. The van der Waals surface area contributed by atoms with Crippen molar-refractivity contribution in [2.75, 3.05) is 0 Å². The number of alkyl halides is 1. The van der Waals surface area contributed by atoms with Crippen molar-refractivity contribution in [3.05, 3.63) is 29.7 Å². The lowest BCUT2D eigenvalue weighted by molar-refractivity contribution is 0.520. The molecule has 4 heteroatoms. The molecule has 0 atom stereocenters. The smallest absolute Gasteiger partial charge is 0.151 e. The Morgan fingerprint density at radius 3 is 2.80 bits per heavy atom. The van der Waals surface area contributed by atoms with Gasteiger partial charge in [-0.1, -0.05) is 28.1 Å². The van der Waals surface area contributed by atoms with Gasteiger partial charge in [-0.15, -0.1) is 0 Å². The highest BCUT2D eigenvalue weighted by Gasteiger charge is 2.14. The summed E-state index contributed by atoms with van der Waals surface area (Å²) in [6.07, 6.45) is 0. The zero-order chi connectivity index (χ0) is 11.0. The number of hydrogen-bond acceptors (Lipinski definition) is 1. The minimum atomic E-state index is -0.255. The zero-order valence-corrected chi connectivity index (χ0v) is 10.3. The van der Waals surface area contributed by atoms with Crippen molar-refractivity contribution in [1.29, 1.82) is 0 Å². The van der Waals surface area contributed by atoms with Crippen LogP contribution >= 0.6 is 15.9 Å². The summed E-state index contributed by atoms with van der Waals surface area (Å²) >= 11 is 3.42. The Bertz CT molecular complexity index is 491. The van der Waals surface area contributed by atoms with Crippen molar-refractivity contribution in [2.24, 2.45) is 0 Å². The molecule has 80 valence electrons. The lowest BCUT2D eigenvalue weighted by atomic mass is 10.2. The van der Waals surface area contributed by atoms with Crippen molar-refractivity contribution in [3.63, 3.8) is 0 Å². The summed E-state index contributed by atoms with van der Waals surface area (Å²) in [6.45, 7) is 4.08. The highest BCUT2D eigenvalue weighted by atomic mass is 79.9. The number of rotatable bonds is 2. The minimum absolute atomic E-state index is 0.240. The summed E-state index contributed by atoms with van der Waals surface area (Å²) in [5.74, 6) is -0.255. The third-order valence-corrected chi connectivity index (χ3v) is 2.93. The molecule has 1 aromatic carbocycles. The van der Waals surface area contributed by atoms with Crippen molar-refractivity contribution in [1.82, 2.24) is 9.78 Å². The summed E-state index contributed by atoms with van der Waals surface area (Å²) in [7, 11) is 0. The molecule has 2 nitrogen and oxygen atoms in total. The van der Waals surface area contributed by atoms with Crippen LogP contribution in [-0.4, -0.2) is 9.78 Å². The third-order valence-electron chi connectivity index (χ3n) is 2.40. The van der Waals surface area contributed by atoms with E-state index in [9.17, 15) is 4.39 Å². The SMILES string of the molecule is CC(C)n1nc2c(F)cccc2c1CBr. The molecule has 0 amide bonds. The van der Waals surface area contributed by atoms with Gasteiger partial charge in [0, 0.05) is 16.8 Å². The van der Waals surface area contributed by atoms with Crippen LogP contribution in [0.25, 0.3) is 10.9 Å². The van der Waals surface area contributed by atoms with Gasteiger partial charge in [0.15, 0.2) is 5.82 Å². The van der Waals surface area contributed by atoms with Crippen molar-refractivity contribution in [3.8, 4) is 0 Å². The molecule has 0 aliphatic carbocycles. The van der Waals surface area contributed by atoms with Gasteiger partial charge in [-0.3, -0.25) is 4.68 Å². The normalized spacial score (nSPS) is 11.5. The first-order chi connectivity index (χ1) is 7.15. The van der Waals surface area contributed by atoms with E-state index in [0.717, 1.165) is 11.1 Å². The Kier molecular flexibility index (Phi) is 2.78. The average Bonchev–Trinajstić information content (AvgIpc) is 2.57. The highest BCUT2D eigenvalue weighted by Crippen LogP contribution is 2.25. The van der Waals surface area contributed by atoms with E-state index < -0.39 is 0 Å². The first-order valence-corrected chi connectivity index (χ1v) is 5.99. The molecule has 0 unspecified atom stereocenters. The second-order valence-electron chi connectivity index (χ2n) is 3.75. The molecule has 0 radical (unpaired) electrons. The van der Waals surface area contributed by atoms with Gasteiger partial charge < -0.3 is 0 Å². The van der Waals surface area contributed by atoms with Crippen LogP contribution in [0.3, 0.4) is 0 Å². The summed E-state index contributed by atoms with van der Waals surface area (Å²) in [6, 6.07) is 5.30. The van der Waals surface area contributed by atoms with E-state index >= 15 is 0 Å². The fourth-order valence-electron chi connectivity index (χ4n) is 1.70. The Morgan fingerprint density at radius 2 is 2.20 bits per heavy atom. The highest BCUT2D eigenvalue weighted by molar-refractivity contribution is 9.08. The van der Waals surface area contributed by atoms with Gasteiger partial charge in [-0.05, 0) is 19.9 Å². The number of nitrogens with zero attached hydrogens (tertiary/aromatic N) is 2. The molecule has 2 rings (SSSR count). The Balaban J connectivity index is 2.78. The van der Waals surface area contributed by atoms with Crippen LogP contribution in [0, 0.1) is 5.82 Å². The summed E-state index contributed by atoms with van der Waals surface area (Å²) < 4.78 is 15.4. The number of hydrogen-bond donors (Lipinski definition) is 0. The lowest BCUT2D eigenvalue weighted by Gasteiger charge is -2.08. The van der Waals surface area contributed by atoms with Gasteiger partial charge in [0.1, 0.15) is 5.52 Å². The Morgan fingerprint density at radius 1 is 1.47 bits per heavy atom. The molecule has 0 N–H and O–H groups in total. The van der Waals surface area contributed by atoms with Gasteiger partial charge >= 0.3 is 0 Å². The maximum Gasteiger partial charge on any atom is 0.151 e. The van der Waals surface area contributed by atoms with E-state index in [4.69, 9.17) is 0 Å². The Hall–Kier alpha value is -0.900. The maximum atomic E-state index is 13.5. The summed E-state index contributed by atoms with van der Waals surface area (Å²) in [4.78, 5) is 0. The first kappa shape index (κ1) is 10.6. The minimum Gasteiger partial charge on any atom is -0.265 e. The zero-order valence-electron chi connectivity index (χ0n) is 8.67. The molecule has 0 aliphatic rings.